The maximum atomic E-state index is 5.74. The van der Waals surface area contributed by atoms with Crippen LogP contribution in [0.25, 0.3) is 5.52 Å². The fourth-order valence-electron chi connectivity index (χ4n) is 1.32. The fourth-order valence-corrected chi connectivity index (χ4v) is 1.32. The summed E-state index contributed by atoms with van der Waals surface area (Å²) in [5.41, 5.74) is 9.06. The van der Waals surface area contributed by atoms with Gasteiger partial charge < -0.3 is 5.73 Å². The number of pyridine rings is 1. The lowest BCUT2D eigenvalue weighted by Crippen LogP contribution is -1.96. The summed E-state index contributed by atoms with van der Waals surface area (Å²) in [6, 6.07) is 5.81. The van der Waals surface area contributed by atoms with Crippen LogP contribution in [0.4, 0.5) is 5.82 Å². The average Bonchev–Trinajstić information content (AvgIpc) is 2.32. The maximum Gasteiger partial charge on any atom is 0.125 e. The number of fused-ring (bicyclic) bond motifs is 1. The van der Waals surface area contributed by atoms with Crippen molar-refractivity contribution in [2.45, 2.75) is 13.8 Å². The van der Waals surface area contributed by atoms with Gasteiger partial charge in [0.15, 0.2) is 0 Å². The third-order valence-corrected chi connectivity index (χ3v) is 2.17. The van der Waals surface area contributed by atoms with Crippen molar-refractivity contribution in [2.75, 3.05) is 5.73 Å². The normalized spacial score (nSPS) is 10.8. The number of hydrogen-bond acceptors (Lipinski definition) is 2. The van der Waals surface area contributed by atoms with Crippen LogP contribution in [0.15, 0.2) is 18.2 Å². The monoisotopic (exact) mass is 161 g/mol. The van der Waals surface area contributed by atoms with E-state index < -0.39 is 0 Å². The molecule has 0 aliphatic carbocycles. The summed E-state index contributed by atoms with van der Waals surface area (Å²) in [5.74, 6) is 0.684. The highest BCUT2D eigenvalue weighted by Gasteiger charge is 2.04. The highest BCUT2D eigenvalue weighted by atomic mass is 15.3. The predicted molar refractivity (Wildman–Crippen MR) is 49.1 cm³/mol. The molecule has 0 radical (unpaired) electrons. The van der Waals surface area contributed by atoms with Crippen LogP contribution in [0.1, 0.15) is 11.3 Å². The van der Waals surface area contributed by atoms with Crippen LogP contribution >= 0.6 is 0 Å². The van der Waals surface area contributed by atoms with Crippen LogP contribution in [0.5, 0.6) is 0 Å². The maximum absolute atomic E-state index is 5.74. The molecule has 0 aliphatic heterocycles. The first-order chi connectivity index (χ1) is 5.70. The van der Waals surface area contributed by atoms with Crippen LogP contribution in [0, 0.1) is 13.8 Å². The van der Waals surface area contributed by atoms with E-state index in [0.29, 0.717) is 5.82 Å². The molecule has 3 heteroatoms. The molecular formula is C9H11N3. The molecule has 0 amide bonds. The summed E-state index contributed by atoms with van der Waals surface area (Å²) >= 11 is 0. The van der Waals surface area contributed by atoms with E-state index in [1.807, 2.05) is 25.1 Å². The van der Waals surface area contributed by atoms with Crippen LogP contribution in [0.2, 0.25) is 0 Å². The van der Waals surface area contributed by atoms with Gasteiger partial charge in [-0.05, 0) is 31.5 Å². The van der Waals surface area contributed by atoms with E-state index in [1.54, 1.807) is 4.52 Å². The molecule has 0 aromatic carbocycles. The van der Waals surface area contributed by atoms with E-state index >= 15 is 0 Å². The van der Waals surface area contributed by atoms with E-state index in [0.717, 1.165) is 11.2 Å². The van der Waals surface area contributed by atoms with Crippen molar-refractivity contribution in [1.82, 2.24) is 9.61 Å². The molecule has 2 aromatic heterocycles. The van der Waals surface area contributed by atoms with Gasteiger partial charge in [-0.15, -0.1) is 0 Å². The number of hydrogen-bond donors (Lipinski definition) is 1. The predicted octanol–water partition coefficient (Wildman–Crippen LogP) is 1.53. The molecule has 2 N–H and O–H groups in total. The van der Waals surface area contributed by atoms with Gasteiger partial charge in [-0.3, -0.25) is 0 Å². The quantitative estimate of drug-likeness (QED) is 0.636. The lowest BCUT2D eigenvalue weighted by atomic mass is 10.2. The number of anilines is 1. The summed E-state index contributed by atoms with van der Waals surface area (Å²) in [7, 11) is 0. The van der Waals surface area contributed by atoms with Crippen molar-refractivity contribution < 1.29 is 0 Å². The zero-order chi connectivity index (χ0) is 8.72. The first-order valence-corrected chi connectivity index (χ1v) is 3.90. The minimum atomic E-state index is 0.684. The lowest BCUT2D eigenvalue weighted by molar-refractivity contribution is 0.945. The van der Waals surface area contributed by atoms with Gasteiger partial charge in [-0.2, -0.15) is 5.10 Å². The van der Waals surface area contributed by atoms with Crippen molar-refractivity contribution in [3.8, 4) is 0 Å². The van der Waals surface area contributed by atoms with Gasteiger partial charge in [-0.25, -0.2) is 4.52 Å². The molecule has 0 aliphatic rings. The lowest BCUT2D eigenvalue weighted by Gasteiger charge is -1.96. The number of nitrogen functional groups attached to an aromatic ring is 1. The Balaban J connectivity index is 2.95. The highest BCUT2D eigenvalue weighted by molar-refractivity contribution is 5.59. The summed E-state index contributed by atoms with van der Waals surface area (Å²) in [5, 5.41) is 4.30. The zero-order valence-electron chi connectivity index (χ0n) is 7.20. The fraction of sp³-hybridized carbons (Fsp3) is 0.222. The Kier molecular flexibility index (Phi) is 1.33. The molecule has 2 aromatic rings. The van der Waals surface area contributed by atoms with E-state index in [4.69, 9.17) is 5.73 Å². The molecule has 0 atom stereocenters. The molecule has 0 saturated carbocycles. The molecule has 2 rings (SSSR count). The van der Waals surface area contributed by atoms with Gasteiger partial charge in [0.05, 0.1) is 11.2 Å². The SMILES string of the molecule is Cc1nn2c(N)cccc2c1C. The Morgan fingerprint density at radius 1 is 1.33 bits per heavy atom. The second kappa shape index (κ2) is 2.24. The molecular weight excluding hydrogens is 150 g/mol. The van der Waals surface area contributed by atoms with Crippen molar-refractivity contribution in [2.24, 2.45) is 0 Å². The van der Waals surface area contributed by atoms with Gasteiger partial charge in [0, 0.05) is 0 Å². The number of rotatable bonds is 0. The molecule has 0 fully saturated rings. The van der Waals surface area contributed by atoms with Gasteiger partial charge in [0.1, 0.15) is 5.82 Å². The standard InChI is InChI=1S/C9H11N3/c1-6-7(2)11-12-8(6)4-3-5-9(12)10/h3-5H,10H2,1-2H3. The van der Waals surface area contributed by atoms with E-state index in [2.05, 4.69) is 12.0 Å². The average molecular weight is 161 g/mol. The second-order valence-electron chi connectivity index (χ2n) is 2.96. The number of aryl methyl sites for hydroxylation is 2. The van der Waals surface area contributed by atoms with Crippen molar-refractivity contribution in [3.63, 3.8) is 0 Å². The minimum Gasteiger partial charge on any atom is -0.384 e. The van der Waals surface area contributed by atoms with Crippen LogP contribution in [-0.4, -0.2) is 9.61 Å². The van der Waals surface area contributed by atoms with Gasteiger partial charge in [0.25, 0.3) is 0 Å². The third kappa shape index (κ3) is 0.794. The van der Waals surface area contributed by atoms with Crippen molar-refractivity contribution in [3.05, 3.63) is 29.5 Å². The largest absolute Gasteiger partial charge is 0.384 e. The Labute approximate surface area is 70.8 Å². The van der Waals surface area contributed by atoms with Crippen molar-refractivity contribution >= 4 is 11.3 Å². The third-order valence-electron chi connectivity index (χ3n) is 2.17. The number of aromatic nitrogens is 2. The first kappa shape index (κ1) is 7.16. The van der Waals surface area contributed by atoms with Crippen LogP contribution in [-0.2, 0) is 0 Å². The molecule has 12 heavy (non-hydrogen) atoms. The molecule has 2 heterocycles. The Morgan fingerprint density at radius 3 is 2.75 bits per heavy atom. The molecule has 0 saturated heterocycles. The van der Waals surface area contributed by atoms with E-state index in [1.165, 1.54) is 5.56 Å². The molecule has 0 spiro atoms. The van der Waals surface area contributed by atoms with Crippen LogP contribution < -0.4 is 5.73 Å². The summed E-state index contributed by atoms with van der Waals surface area (Å²) in [4.78, 5) is 0. The summed E-state index contributed by atoms with van der Waals surface area (Å²) in [6.45, 7) is 4.04. The summed E-state index contributed by atoms with van der Waals surface area (Å²) < 4.78 is 1.77. The molecule has 62 valence electrons. The van der Waals surface area contributed by atoms with Crippen LogP contribution in [0.3, 0.4) is 0 Å². The van der Waals surface area contributed by atoms with Crippen molar-refractivity contribution in [1.29, 1.82) is 0 Å². The highest BCUT2D eigenvalue weighted by Crippen LogP contribution is 2.15. The van der Waals surface area contributed by atoms with E-state index in [9.17, 15) is 0 Å². The Bertz CT molecular complexity index is 429. The topological polar surface area (TPSA) is 43.3 Å². The smallest absolute Gasteiger partial charge is 0.125 e. The molecule has 3 nitrogen and oxygen atoms in total. The van der Waals surface area contributed by atoms with Gasteiger partial charge in [-0.1, -0.05) is 6.07 Å². The van der Waals surface area contributed by atoms with Gasteiger partial charge in [0.2, 0.25) is 0 Å². The number of nitrogens with zero attached hydrogens (tertiary/aromatic N) is 2. The molecule has 0 unspecified atom stereocenters. The Morgan fingerprint density at radius 2 is 2.08 bits per heavy atom. The van der Waals surface area contributed by atoms with Gasteiger partial charge >= 0.3 is 0 Å². The van der Waals surface area contributed by atoms with E-state index in [-0.39, 0.29) is 0 Å². The number of nitrogens with two attached hydrogens (primary N) is 1. The second-order valence-corrected chi connectivity index (χ2v) is 2.96. The zero-order valence-corrected chi connectivity index (χ0v) is 7.20. The Hall–Kier alpha value is -1.51. The molecule has 0 bridgehead atoms. The first-order valence-electron chi connectivity index (χ1n) is 3.90. The minimum absolute atomic E-state index is 0.684. The summed E-state index contributed by atoms with van der Waals surface area (Å²) in [6.07, 6.45) is 0.